The third kappa shape index (κ3) is 2.31. The highest BCUT2D eigenvalue weighted by atomic mass is 35.5. The molecule has 0 aromatic heterocycles. The van der Waals surface area contributed by atoms with Crippen molar-refractivity contribution < 1.29 is 8.42 Å². The molecule has 2 rings (SSSR count). The van der Waals surface area contributed by atoms with Gasteiger partial charge in [0.2, 0.25) is 10.0 Å². The van der Waals surface area contributed by atoms with Crippen molar-refractivity contribution in [2.45, 2.75) is 18.0 Å². The molecule has 0 unspecified atom stereocenters. The van der Waals surface area contributed by atoms with Crippen molar-refractivity contribution in [1.29, 1.82) is 0 Å². The van der Waals surface area contributed by atoms with Crippen molar-refractivity contribution >= 4 is 22.4 Å². The molecule has 0 saturated carbocycles. The fourth-order valence-corrected chi connectivity index (χ4v) is 2.63. The normalized spacial score (nSPS) is 15.9. The van der Waals surface area contributed by atoms with Crippen molar-refractivity contribution in [3.8, 4) is 0 Å². The number of primary sulfonamides is 1. The van der Waals surface area contributed by atoms with Gasteiger partial charge < -0.3 is 0 Å². The summed E-state index contributed by atoms with van der Waals surface area (Å²) in [5, 5.41) is 5.13. The summed E-state index contributed by atoms with van der Waals surface area (Å²) in [6, 6.07) is 5.23. The maximum Gasteiger partial charge on any atom is 0.238 e. The van der Waals surface area contributed by atoms with Crippen LogP contribution in [0.1, 0.15) is 11.1 Å². The summed E-state index contributed by atoms with van der Waals surface area (Å²) in [5.41, 5.74) is 1.90. The minimum atomic E-state index is -3.58. The van der Waals surface area contributed by atoms with Crippen LogP contribution in [0.25, 0.3) is 0 Å². The second-order valence-corrected chi connectivity index (χ2v) is 5.14. The number of benzene rings is 1. The molecule has 1 aliphatic rings. The summed E-state index contributed by atoms with van der Waals surface area (Å²) < 4.78 is 22.5. The fourth-order valence-electron chi connectivity index (χ4n) is 1.82. The number of sulfonamides is 1. The van der Waals surface area contributed by atoms with Gasteiger partial charge in [-0.3, -0.25) is 4.90 Å². The van der Waals surface area contributed by atoms with E-state index in [1.807, 2.05) is 13.1 Å². The number of hydrogen-bond acceptors (Lipinski definition) is 3. The molecular formula is C9H13ClN2O2S. The summed E-state index contributed by atoms with van der Waals surface area (Å²) in [4.78, 5) is 2.32. The first-order chi connectivity index (χ1) is 6.48. The zero-order valence-electron chi connectivity index (χ0n) is 8.30. The van der Waals surface area contributed by atoms with Gasteiger partial charge in [-0.2, -0.15) is 0 Å². The van der Waals surface area contributed by atoms with Crippen LogP contribution in [0.15, 0.2) is 23.1 Å². The van der Waals surface area contributed by atoms with E-state index in [-0.39, 0.29) is 17.3 Å². The molecular weight excluding hydrogens is 236 g/mol. The second kappa shape index (κ2) is 4.09. The Morgan fingerprint density at radius 1 is 1.33 bits per heavy atom. The highest BCUT2D eigenvalue weighted by molar-refractivity contribution is 7.89. The van der Waals surface area contributed by atoms with Crippen molar-refractivity contribution in [2.75, 3.05) is 7.05 Å². The molecule has 84 valence electrons. The standard InChI is InChI=1S/C9H12N2O2S.ClH/c1-11-5-7-3-2-4-9(8(7)6-11)14(10,12)13;/h2-4H,5-6H2,1H3,(H2,10,12,13);1H. The molecule has 0 bridgehead atoms. The maximum atomic E-state index is 11.3. The van der Waals surface area contributed by atoms with Crippen LogP contribution in [0.3, 0.4) is 0 Å². The molecule has 1 aromatic carbocycles. The summed E-state index contributed by atoms with van der Waals surface area (Å²) in [7, 11) is -1.63. The van der Waals surface area contributed by atoms with Gasteiger partial charge in [0.1, 0.15) is 0 Å². The Kier molecular flexibility index (Phi) is 3.40. The molecule has 0 amide bonds. The maximum absolute atomic E-state index is 11.3. The molecule has 1 aromatic rings. The van der Waals surface area contributed by atoms with Crippen LogP contribution in [0, 0.1) is 0 Å². The molecule has 0 saturated heterocycles. The topological polar surface area (TPSA) is 63.4 Å². The molecule has 0 atom stereocenters. The smallest absolute Gasteiger partial charge is 0.238 e. The van der Waals surface area contributed by atoms with Crippen LogP contribution in [-0.4, -0.2) is 20.4 Å². The number of hydrogen-bond donors (Lipinski definition) is 1. The van der Waals surface area contributed by atoms with Gasteiger partial charge in [-0.25, -0.2) is 13.6 Å². The van der Waals surface area contributed by atoms with Crippen LogP contribution >= 0.6 is 12.4 Å². The summed E-state index contributed by atoms with van der Waals surface area (Å²) in [5.74, 6) is 0. The van der Waals surface area contributed by atoms with Gasteiger partial charge in [-0.15, -0.1) is 12.4 Å². The van der Waals surface area contributed by atoms with E-state index in [0.29, 0.717) is 6.54 Å². The van der Waals surface area contributed by atoms with E-state index in [2.05, 4.69) is 4.90 Å². The van der Waals surface area contributed by atoms with E-state index in [1.54, 1.807) is 12.1 Å². The molecule has 6 heteroatoms. The molecule has 4 nitrogen and oxygen atoms in total. The SMILES string of the molecule is CN1Cc2cccc(S(N)(=O)=O)c2C1.Cl. The van der Waals surface area contributed by atoms with Gasteiger partial charge in [0.15, 0.2) is 0 Å². The van der Waals surface area contributed by atoms with Gasteiger partial charge in [-0.05, 0) is 24.2 Å². The zero-order chi connectivity index (χ0) is 10.3. The quantitative estimate of drug-likeness (QED) is 0.796. The first kappa shape index (κ1) is 12.4. The van der Waals surface area contributed by atoms with Crippen molar-refractivity contribution in [3.63, 3.8) is 0 Å². The van der Waals surface area contributed by atoms with E-state index in [9.17, 15) is 8.42 Å². The Morgan fingerprint density at radius 2 is 2.00 bits per heavy atom. The molecule has 0 radical (unpaired) electrons. The highest BCUT2D eigenvalue weighted by Gasteiger charge is 2.22. The van der Waals surface area contributed by atoms with Crippen molar-refractivity contribution in [2.24, 2.45) is 5.14 Å². The van der Waals surface area contributed by atoms with E-state index >= 15 is 0 Å². The lowest BCUT2D eigenvalue weighted by Crippen LogP contribution is -2.15. The monoisotopic (exact) mass is 248 g/mol. The fraction of sp³-hybridized carbons (Fsp3) is 0.333. The molecule has 15 heavy (non-hydrogen) atoms. The minimum Gasteiger partial charge on any atom is -0.298 e. The lowest BCUT2D eigenvalue weighted by Gasteiger charge is -2.05. The Bertz CT molecular complexity index is 473. The Labute approximate surface area is 95.5 Å². The lowest BCUT2D eigenvalue weighted by molar-refractivity contribution is 0.352. The Morgan fingerprint density at radius 3 is 2.60 bits per heavy atom. The van der Waals surface area contributed by atoms with Crippen molar-refractivity contribution in [1.82, 2.24) is 4.90 Å². The third-order valence-electron chi connectivity index (χ3n) is 2.40. The lowest BCUT2D eigenvalue weighted by atomic mass is 10.1. The summed E-state index contributed by atoms with van der Waals surface area (Å²) in [6.07, 6.45) is 0. The Hall–Kier alpha value is -0.620. The first-order valence-corrected chi connectivity index (χ1v) is 5.85. The Balaban J connectivity index is 0.00000112. The number of rotatable bonds is 1. The van der Waals surface area contributed by atoms with Crippen molar-refractivity contribution in [3.05, 3.63) is 29.3 Å². The third-order valence-corrected chi connectivity index (χ3v) is 3.40. The van der Waals surface area contributed by atoms with E-state index in [4.69, 9.17) is 5.14 Å². The van der Waals surface area contributed by atoms with Gasteiger partial charge in [0.05, 0.1) is 4.90 Å². The van der Waals surface area contributed by atoms with Crippen LogP contribution in [-0.2, 0) is 23.1 Å². The molecule has 2 N–H and O–H groups in total. The van der Waals surface area contributed by atoms with E-state index in [1.165, 1.54) is 0 Å². The molecule has 1 aliphatic heterocycles. The van der Waals surface area contributed by atoms with Gasteiger partial charge in [0, 0.05) is 13.1 Å². The largest absolute Gasteiger partial charge is 0.298 e. The van der Waals surface area contributed by atoms with E-state index in [0.717, 1.165) is 17.7 Å². The molecule has 0 spiro atoms. The average molecular weight is 249 g/mol. The van der Waals surface area contributed by atoms with Crippen LogP contribution in [0.2, 0.25) is 0 Å². The molecule has 0 fully saturated rings. The van der Waals surface area contributed by atoms with E-state index < -0.39 is 10.0 Å². The van der Waals surface area contributed by atoms with Crippen LogP contribution < -0.4 is 5.14 Å². The van der Waals surface area contributed by atoms with Gasteiger partial charge in [-0.1, -0.05) is 12.1 Å². The average Bonchev–Trinajstić information content (AvgIpc) is 2.41. The first-order valence-electron chi connectivity index (χ1n) is 4.30. The number of fused-ring (bicyclic) bond motifs is 1. The van der Waals surface area contributed by atoms with Crippen LogP contribution in [0.4, 0.5) is 0 Å². The highest BCUT2D eigenvalue weighted by Crippen LogP contribution is 2.26. The number of halogens is 1. The summed E-state index contributed by atoms with van der Waals surface area (Å²) in [6.45, 7) is 1.45. The second-order valence-electron chi connectivity index (χ2n) is 3.61. The summed E-state index contributed by atoms with van der Waals surface area (Å²) >= 11 is 0. The van der Waals surface area contributed by atoms with Gasteiger partial charge in [0.25, 0.3) is 0 Å². The minimum absolute atomic E-state index is 0. The molecule has 0 aliphatic carbocycles. The van der Waals surface area contributed by atoms with Gasteiger partial charge >= 0.3 is 0 Å². The number of nitrogens with zero attached hydrogens (tertiary/aromatic N) is 1. The molecule has 1 heterocycles. The zero-order valence-corrected chi connectivity index (χ0v) is 9.94. The number of nitrogens with two attached hydrogens (primary N) is 1. The predicted octanol–water partition coefficient (Wildman–Crippen LogP) is 0.701. The predicted molar refractivity (Wildman–Crippen MR) is 60.2 cm³/mol. The van der Waals surface area contributed by atoms with Crippen LogP contribution in [0.5, 0.6) is 0 Å².